The summed E-state index contributed by atoms with van der Waals surface area (Å²) in [5.74, 6) is 1.18. The third-order valence-electron chi connectivity index (χ3n) is 3.95. The van der Waals surface area contributed by atoms with Gasteiger partial charge in [0.2, 0.25) is 0 Å². The highest BCUT2D eigenvalue weighted by molar-refractivity contribution is 14.0. The summed E-state index contributed by atoms with van der Waals surface area (Å²) in [6, 6.07) is 18.3. The Hall–Kier alpha value is -2.07. The van der Waals surface area contributed by atoms with E-state index >= 15 is 0 Å². The van der Waals surface area contributed by atoms with E-state index in [-0.39, 0.29) is 24.0 Å². The van der Waals surface area contributed by atoms with Gasteiger partial charge in [-0.2, -0.15) is 5.26 Å². The Morgan fingerprint density at radius 3 is 2.48 bits per heavy atom. The molecule has 0 bridgehead atoms. The van der Waals surface area contributed by atoms with Crippen LogP contribution in [-0.4, -0.2) is 19.6 Å². The zero-order chi connectivity index (χ0) is 17.4. The van der Waals surface area contributed by atoms with Crippen LogP contribution in [0.1, 0.15) is 35.1 Å². The van der Waals surface area contributed by atoms with Gasteiger partial charge in [0.25, 0.3) is 0 Å². The first-order chi connectivity index (χ1) is 11.6. The lowest BCUT2D eigenvalue weighted by molar-refractivity contribution is 0.698. The summed E-state index contributed by atoms with van der Waals surface area (Å²) >= 11 is 0. The highest BCUT2D eigenvalue weighted by Crippen LogP contribution is 2.15. The van der Waals surface area contributed by atoms with Gasteiger partial charge in [0, 0.05) is 20.1 Å². The smallest absolute Gasteiger partial charge is 0.191 e. The normalized spacial score (nSPS) is 11.8. The predicted octanol–water partition coefficient (Wildman–Crippen LogP) is 3.95. The maximum Gasteiger partial charge on any atom is 0.191 e. The standard InChI is InChI=1S/C20H24N4.HI/c1-15-5-4-6-19(11-15)16(2)13-23-20(22-3)24-14-18-9-7-17(12-21)8-10-18;/h4-11,16H,13-14H2,1-3H3,(H2,22,23,24);1H. The van der Waals surface area contributed by atoms with E-state index in [1.807, 2.05) is 24.3 Å². The van der Waals surface area contributed by atoms with Crippen molar-refractivity contribution in [3.8, 4) is 6.07 Å². The number of nitrogens with one attached hydrogen (secondary N) is 2. The van der Waals surface area contributed by atoms with E-state index in [2.05, 4.69) is 59.8 Å². The van der Waals surface area contributed by atoms with Crippen molar-refractivity contribution in [2.24, 2.45) is 4.99 Å². The molecule has 1 unspecified atom stereocenters. The van der Waals surface area contributed by atoms with Crippen LogP contribution in [0, 0.1) is 18.3 Å². The minimum absolute atomic E-state index is 0. The Balaban J connectivity index is 0.00000312. The second-order valence-electron chi connectivity index (χ2n) is 5.93. The van der Waals surface area contributed by atoms with Crippen LogP contribution in [0.5, 0.6) is 0 Å². The summed E-state index contributed by atoms with van der Waals surface area (Å²) in [7, 11) is 1.77. The molecule has 0 aromatic heterocycles. The fraction of sp³-hybridized carbons (Fsp3) is 0.300. The Bertz CT molecular complexity index is 732. The second-order valence-corrected chi connectivity index (χ2v) is 5.93. The number of aryl methyl sites for hydroxylation is 1. The molecule has 25 heavy (non-hydrogen) atoms. The number of aliphatic imine (C=N–C) groups is 1. The van der Waals surface area contributed by atoms with Gasteiger partial charge in [0.1, 0.15) is 0 Å². The quantitative estimate of drug-likeness (QED) is 0.414. The van der Waals surface area contributed by atoms with E-state index in [4.69, 9.17) is 5.26 Å². The van der Waals surface area contributed by atoms with Crippen LogP contribution >= 0.6 is 24.0 Å². The first kappa shape index (κ1) is 21.0. The summed E-state index contributed by atoms with van der Waals surface area (Å²) in [6.07, 6.45) is 0. The molecule has 4 nitrogen and oxygen atoms in total. The van der Waals surface area contributed by atoms with Crippen molar-refractivity contribution in [3.63, 3.8) is 0 Å². The third-order valence-corrected chi connectivity index (χ3v) is 3.95. The zero-order valence-corrected chi connectivity index (χ0v) is 17.2. The largest absolute Gasteiger partial charge is 0.356 e. The zero-order valence-electron chi connectivity index (χ0n) is 14.9. The molecule has 0 radical (unpaired) electrons. The number of benzene rings is 2. The molecular weight excluding hydrogens is 423 g/mol. The first-order valence-corrected chi connectivity index (χ1v) is 8.12. The molecule has 2 N–H and O–H groups in total. The van der Waals surface area contributed by atoms with Crippen molar-refractivity contribution in [1.82, 2.24) is 10.6 Å². The van der Waals surface area contributed by atoms with Crippen LogP contribution < -0.4 is 10.6 Å². The molecule has 0 heterocycles. The minimum atomic E-state index is 0. The van der Waals surface area contributed by atoms with E-state index in [1.54, 1.807) is 7.05 Å². The Morgan fingerprint density at radius 1 is 1.16 bits per heavy atom. The van der Waals surface area contributed by atoms with Crippen LogP contribution in [0.15, 0.2) is 53.5 Å². The molecule has 2 aromatic carbocycles. The van der Waals surface area contributed by atoms with Gasteiger partial charge < -0.3 is 10.6 Å². The van der Waals surface area contributed by atoms with Crippen LogP contribution in [0.25, 0.3) is 0 Å². The maximum absolute atomic E-state index is 8.82. The van der Waals surface area contributed by atoms with Crippen molar-refractivity contribution in [3.05, 3.63) is 70.8 Å². The number of nitriles is 1. The Kier molecular flexibility index (Phi) is 9.00. The maximum atomic E-state index is 8.82. The summed E-state index contributed by atoms with van der Waals surface area (Å²) in [5.41, 5.74) is 4.39. The molecule has 0 aliphatic carbocycles. The van der Waals surface area contributed by atoms with E-state index in [9.17, 15) is 0 Å². The van der Waals surface area contributed by atoms with Crippen molar-refractivity contribution in [2.75, 3.05) is 13.6 Å². The monoisotopic (exact) mass is 448 g/mol. The molecule has 132 valence electrons. The van der Waals surface area contributed by atoms with Crippen LogP contribution in [0.3, 0.4) is 0 Å². The number of rotatable bonds is 5. The average molecular weight is 448 g/mol. The number of halogens is 1. The lowest BCUT2D eigenvalue weighted by Crippen LogP contribution is -2.38. The van der Waals surface area contributed by atoms with E-state index in [0.717, 1.165) is 18.1 Å². The lowest BCUT2D eigenvalue weighted by Gasteiger charge is -2.17. The van der Waals surface area contributed by atoms with Crippen molar-refractivity contribution < 1.29 is 0 Å². The summed E-state index contributed by atoms with van der Waals surface area (Å²) in [4.78, 5) is 4.26. The highest BCUT2D eigenvalue weighted by atomic mass is 127. The number of guanidine groups is 1. The molecule has 2 rings (SSSR count). The van der Waals surface area contributed by atoms with Crippen LogP contribution in [0.2, 0.25) is 0 Å². The third kappa shape index (κ3) is 6.75. The van der Waals surface area contributed by atoms with E-state index in [0.29, 0.717) is 18.0 Å². The summed E-state index contributed by atoms with van der Waals surface area (Å²) < 4.78 is 0. The molecule has 0 aliphatic heterocycles. The molecule has 0 spiro atoms. The predicted molar refractivity (Wildman–Crippen MR) is 114 cm³/mol. The average Bonchev–Trinajstić information content (AvgIpc) is 2.62. The first-order valence-electron chi connectivity index (χ1n) is 8.12. The molecule has 0 saturated carbocycles. The van der Waals surface area contributed by atoms with Gasteiger partial charge in [-0.05, 0) is 36.1 Å². The summed E-state index contributed by atoms with van der Waals surface area (Å²) in [5, 5.41) is 15.5. The number of hydrogen-bond donors (Lipinski definition) is 2. The Morgan fingerprint density at radius 2 is 1.88 bits per heavy atom. The summed E-state index contributed by atoms with van der Waals surface area (Å²) in [6.45, 7) is 5.80. The van der Waals surface area contributed by atoms with Gasteiger partial charge in [-0.25, -0.2) is 0 Å². The topological polar surface area (TPSA) is 60.2 Å². The van der Waals surface area contributed by atoms with Crippen LogP contribution in [-0.2, 0) is 6.54 Å². The molecule has 0 saturated heterocycles. The van der Waals surface area contributed by atoms with Crippen molar-refractivity contribution >= 4 is 29.9 Å². The number of hydrogen-bond acceptors (Lipinski definition) is 2. The van der Waals surface area contributed by atoms with Crippen molar-refractivity contribution in [2.45, 2.75) is 26.3 Å². The fourth-order valence-corrected chi connectivity index (χ4v) is 2.45. The minimum Gasteiger partial charge on any atom is -0.356 e. The SMILES string of the molecule is CN=C(NCc1ccc(C#N)cc1)NCC(C)c1cccc(C)c1.I. The molecule has 0 fully saturated rings. The molecule has 1 atom stereocenters. The van der Waals surface area contributed by atoms with Gasteiger partial charge >= 0.3 is 0 Å². The fourth-order valence-electron chi connectivity index (χ4n) is 2.45. The molecule has 0 amide bonds. The molecule has 2 aromatic rings. The molecule has 0 aliphatic rings. The van der Waals surface area contributed by atoms with Gasteiger partial charge in [-0.1, -0.05) is 48.9 Å². The van der Waals surface area contributed by atoms with Crippen LogP contribution in [0.4, 0.5) is 0 Å². The Labute approximate surface area is 167 Å². The van der Waals surface area contributed by atoms with Gasteiger partial charge in [0.15, 0.2) is 5.96 Å². The number of nitrogens with zero attached hydrogens (tertiary/aromatic N) is 2. The highest BCUT2D eigenvalue weighted by Gasteiger charge is 2.07. The van der Waals surface area contributed by atoms with Gasteiger partial charge in [-0.15, -0.1) is 24.0 Å². The van der Waals surface area contributed by atoms with Crippen molar-refractivity contribution in [1.29, 1.82) is 5.26 Å². The van der Waals surface area contributed by atoms with Gasteiger partial charge in [-0.3, -0.25) is 4.99 Å². The lowest BCUT2D eigenvalue weighted by atomic mass is 9.99. The van der Waals surface area contributed by atoms with Gasteiger partial charge in [0.05, 0.1) is 11.6 Å². The molecule has 5 heteroatoms. The molecular formula is C20H25IN4. The van der Waals surface area contributed by atoms with E-state index < -0.39 is 0 Å². The van der Waals surface area contributed by atoms with E-state index in [1.165, 1.54) is 11.1 Å². The second kappa shape index (κ2) is 10.7.